The number of aliphatic hydroxyl groups is 1. The van der Waals surface area contributed by atoms with Gasteiger partial charge < -0.3 is 19.2 Å². The molecule has 0 radical (unpaired) electrons. The van der Waals surface area contributed by atoms with Crippen molar-refractivity contribution in [3.05, 3.63) is 113 Å². The van der Waals surface area contributed by atoms with Gasteiger partial charge in [-0.1, -0.05) is 54.6 Å². The van der Waals surface area contributed by atoms with Gasteiger partial charge in [0, 0.05) is 17.3 Å². The zero-order chi connectivity index (χ0) is 29.6. The first-order valence-corrected chi connectivity index (χ1v) is 12.7. The van der Waals surface area contributed by atoms with Crippen LogP contribution in [0.25, 0.3) is 0 Å². The van der Waals surface area contributed by atoms with Crippen molar-refractivity contribution in [1.29, 1.82) is 0 Å². The van der Waals surface area contributed by atoms with E-state index < -0.39 is 29.1 Å². The molecule has 0 amide bonds. The van der Waals surface area contributed by atoms with Crippen molar-refractivity contribution in [3.8, 4) is 5.75 Å². The van der Waals surface area contributed by atoms with E-state index in [2.05, 4.69) is 4.98 Å². The predicted octanol–water partition coefficient (Wildman–Crippen LogP) is 7.28. The van der Waals surface area contributed by atoms with E-state index in [9.17, 15) is 31.4 Å². The number of benzene rings is 3. The van der Waals surface area contributed by atoms with Gasteiger partial charge in [-0.05, 0) is 55.2 Å². The molecule has 1 aromatic heterocycles. The second kappa shape index (κ2) is 10.1. The van der Waals surface area contributed by atoms with Crippen molar-refractivity contribution in [2.75, 3.05) is 4.90 Å². The molecule has 3 aromatic carbocycles. The molecule has 2 unspecified atom stereocenters. The molecule has 1 aliphatic rings. The van der Waals surface area contributed by atoms with Crippen molar-refractivity contribution in [2.24, 2.45) is 0 Å². The van der Waals surface area contributed by atoms with E-state index >= 15 is 0 Å². The highest BCUT2D eigenvalue weighted by molar-refractivity contribution is 5.66. The fraction of sp³-hybridized carbons (Fsp3) is 0.300. The molecule has 2 atom stereocenters. The van der Waals surface area contributed by atoms with Crippen LogP contribution in [0.4, 0.5) is 32.0 Å². The molecule has 11 heteroatoms. The van der Waals surface area contributed by atoms with Gasteiger partial charge in [-0.2, -0.15) is 26.3 Å². The summed E-state index contributed by atoms with van der Waals surface area (Å²) in [4.78, 5) is 6.26. The summed E-state index contributed by atoms with van der Waals surface area (Å²) in [6.45, 7) is 3.98. The number of halogens is 6. The van der Waals surface area contributed by atoms with Crippen LogP contribution in [0.15, 0.2) is 89.9 Å². The topological polar surface area (TPSA) is 58.7 Å². The first-order chi connectivity index (χ1) is 19.3. The maximum Gasteiger partial charge on any atom is 0.430 e. The van der Waals surface area contributed by atoms with E-state index in [1.165, 1.54) is 18.7 Å². The van der Waals surface area contributed by atoms with Gasteiger partial charge in [0.05, 0.1) is 0 Å². The summed E-state index contributed by atoms with van der Waals surface area (Å²) in [6, 6.07) is 19.1. The SMILES string of the molecule is CC1Cc2cc(C(O)(C(F)(F)F)C(F)(F)F)ccc2N1C(C)(c1cccc(OCc2ccccc2)c1)c1cocn1. The third-order valence-corrected chi connectivity index (χ3v) is 7.59. The fourth-order valence-electron chi connectivity index (χ4n) is 5.52. The molecule has 5 rings (SSSR count). The zero-order valence-corrected chi connectivity index (χ0v) is 22.0. The van der Waals surface area contributed by atoms with Crippen molar-refractivity contribution in [2.45, 2.75) is 56.4 Å². The van der Waals surface area contributed by atoms with Gasteiger partial charge >= 0.3 is 12.4 Å². The lowest BCUT2D eigenvalue weighted by Crippen LogP contribution is -2.54. The van der Waals surface area contributed by atoms with Gasteiger partial charge in [0.1, 0.15) is 29.9 Å². The van der Waals surface area contributed by atoms with Gasteiger partial charge in [0.2, 0.25) is 0 Å². The Bertz CT molecular complexity index is 1490. The van der Waals surface area contributed by atoms with Gasteiger partial charge in [-0.25, -0.2) is 4.98 Å². The summed E-state index contributed by atoms with van der Waals surface area (Å²) in [7, 11) is 0. The summed E-state index contributed by atoms with van der Waals surface area (Å²) in [6.07, 6.45) is -9.12. The van der Waals surface area contributed by atoms with Crippen LogP contribution in [-0.4, -0.2) is 28.5 Å². The monoisotopic (exact) mass is 576 g/mol. The third kappa shape index (κ3) is 4.81. The molecule has 4 aromatic rings. The van der Waals surface area contributed by atoms with Gasteiger partial charge in [0.25, 0.3) is 5.60 Å². The van der Waals surface area contributed by atoms with Crippen molar-refractivity contribution in [3.63, 3.8) is 0 Å². The van der Waals surface area contributed by atoms with Gasteiger partial charge in [0.15, 0.2) is 6.39 Å². The molecule has 5 nitrogen and oxygen atoms in total. The number of fused-ring (bicyclic) bond motifs is 1. The Morgan fingerprint density at radius 2 is 1.63 bits per heavy atom. The highest BCUT2D eigenvalue weighted by Crippen LogP contribution is 2.52. The van der Waals surface area contributed by atoms with Crippen LogP contribution in [0.3, 0.4) is 0 Å². The molecule has 0 bridgehead atoms. The minimum atomic E-state index is -5.97. The number of rotatable bonds is 7. The Morgan fingerprint density at radius 1 is 0.927 bits per heavy atom. The van der Waals surface area contributed by atoms with Crippen LogP contribution < -0.4 is 9.64 Å². The molecule has 1 N–H and O–H groups in total. The van der Waals surface area contributed by atoms with Crippen LogP contribution in [0, 0.1) is 0 Å². The van der Waals surface area contributed by atoms with Gasteiger partial charge in [-0.3, -0.25) is 0 Å². The molecule has 0 spiro atoms. The molecule has 0 fully saturated rings. The Balaban J connectivity index is 1.57. The Hall–Kier alpha value is -3.99. The minimum Gasteiger partial charge on any atom is -0.489 e. The second-order valence-electron chi connectivity index (χ2n) is 10.2. The molecule has 2 heterocycles. The largest absolute Gasteiger partial charge is 0.489 e. The first-order valence-electron chi connectivity index (χ1n) is 12.7. The molecule has 0 saturated carbocycles. The molecule has 0 saturated heterocycles. The van der Waals surface area contributed by atoms with E-state index in [1.807, 2.05) is 61.2 Å². The summed E-state index contributed by atoms with van der Waals surface area (Å²) >= 11 is 0. The highest BCUT2D eigenvalue weighted by Gasteiger charge is 2.71. The minimum absolute atomic E-state index is 0.132. The lowest BCUT2D eigenvalue weighted by molar-refractivity contribution is -0.376. The number of nitrogens with zero attached hydrogens (tertiary/aromatic N) is 2. The van der Waals surface area contributed by atoms with Gasteiger partial charge in [-0.15, -0.1) is 0 Å². The quantitative estimate of drug-likeness (QED) is 0.235. The lowest BCUT2D eigenvalue weighted by atomic mass is 9.85. The maximum absolute atomic E-state index is 13.6. The molecule has 1 aliphatic heterocycles. The summed E-state index contributed by atoms with van der Waals surface area (Å²) in [5, 5.41) is 9.97. The highest BCUT2D eigenvalue weighted by atomic mass is 19.4. The Kier molecular flexibility index (Phi) is 7.05. The molecule has 216 valence electrons. The van der Waals surface area contributed by atoms with Crippen LogP contribution >= 0.6 is 0 Å². The van der Waals surface area contributed by atoms with E-state index in [0.29, 0.717) is 35.4 Å². The smallest absolute Gasteiger partial charge is 0.430 e. The van der Waals surface area contributed by atoms with Crippen LogP contribution in [0.2, 0.25) is 0 Å². The number of oxazole rings is 1. The van der Waals surface area contributed by atoms with Crippen molar-refractivity contribution in [1.82, 2.24) is 4.98 Å². The number of hydrogen-bond donors (Lipinski definition) is 1. The average Bonchev–Trinajstić information content (AvgIpc) is 3.58. The van der Waals surface area contributed by atoms with Crippen LogP contribution in [-0.2, 0) is 24.2 Å². The number of anilines is 1. The number of ether oxygens (including phenoxy) is 1. The molecular weight excluding hydrogens is 550 g/mol. The van der Waals surface area contributed by atoms with Crippen molar-refractivity contribution < 1.29 is 40.6 Å². The first kappa shape index (κ1) is 28.5. The third-order valence-electron chi connectivity index (χ3n) is 7.59. The van der Waals surface area contributed by atoms with Crippen molar-refractivity contribution >= 4 is 5.69 Å². The van der Waals surface area contributed by atoms with Crippen LogP contribution in [0.5, 0.6) is 5.75 Å². The standard InChI is InChI=1S/C30H26F6N2O3/c1-19-13-21-14-23(28(39,29(31,32)33)30(34,35)36)11-12-25(21)38(19)27(2,26-17-40-18-37-26)22-9-6-10-24(15-22)41-16-20-7-4-3-5-8-20/h3-12,14-15,17-19,39H,13,16H2,1-2H3. The number of alkyl halides is 6. The van der Waals surface area contributed by atoms with E-state index in [-0.39, 0.29) is 18.0 Å². The van der Waals surface area contributed by atoms with E-state index in [4.69, 9.17) is 9.15 Å². The maximum atomic E-state index is 13.6. The Morgan fingerprint density at radius 3 is 2.27 bits per heavy atom. The Labute approximate surface area is 232 Å². The van der Waals surface area contributed by atoms with E-state index in [0.717, 1.165) is 11.6 Å². The lowest BCUT2D eigenvalue weighted by Gasteiger charge is -2.43. The second-order valence-corrected chi connectivity index (χ2v) is 10.2. The fourth-order valence-corrected chi connectivity index (χ4v) is 5.52. The normalized spacial score (nSPS) is 17.3. The zero-order valence-electron chi connectivity index (χ0n) is 22.0. The molecular formula is C30H26F6N2O3. The van der Waals surface area contributed by atoms with E-state index in [1.54, 1.807) is 12.1 Å². The predicted molar refractivity (Wildman–Crippen MR) is 138 cm³/mol. The summed E-state index contributed by atoms with van der Waals surface area (Å²) < 4.78 is 92.8. The molecule has 0 aliphatic carbocycles. The summed E-state index contributed by atoms with van der Waals surface area (Å²) in [5.74, 6) is 0.559. The summed E-state index contributed by atoms with van der Waals surface area (Å²) in [5.41, 5.74) is -4.56. The number of hydrogen-bond acceptors (Lipinski definition) is 5. The average molecular weight is 577 g/mol. The number of aromatic nitrogens is 1. The molecule has 41 heavy (non-hydrogen) atoms. The van der Waals surface area contributed by atoms with Crippen LogP contribution in [0.1, 0.15) is 41.8 Å².